The molecule has 0 fully saturated rings. The van der Waals surface area contributed by atoms with Crippen molar-refractivity contribution in [1.82, 2.24) is 0 Å². The minimum absolute atomic E-state index is 0.210. The Hall–Kier alpha value is -2.01. The normalized spacial score (nSPS) is 11.2. The Morgan fingerprint density at radius 3 is 2.29 bits per heavy atom. The lowest BCUT2D eigenvalue weighted by Gasteiger charge is -2.12. The van der Waals surface area contributed by atoms with Crippen LogP contribution in [0.5, 0.6) is 5.75 Å². The second-order valence-corrected chi connectivity index (χ2v) is 6.47. The number of aryl methyl sites for hydroxylation is 2. The van der Waals surface area contributed by atoms with Gasteiger partial charge in [0, 0.05) is 0 Å². The molecule has 0 aromatic heterocycles. The summed E-state index contributed by atoms with van der Waals surface area (Å²) in [6, 6.07) is 12.0. The smallest absolute Gasteiger partial charge is 0.261 e. The molecular formula is C16H19NO3S. The highest BCUT2D eigenvalue weighted by Gasteiger charge is 2.15. The highest BCUT2D eigenvalue weighted by molar-refractivity contribution is 7.92. The maximum Gasteiger partial charge on any atom is 0.261 e. The highest BCUT2D eigenvalue weighted by atomic mass is 32.2. The van der Waals surface area contributed by atoms with Crippen molar-refractivity contribution < 1.29 is 13.2 Å². The van der Waals surface area contributed by atoms with Crippen LogP contribution < -0.4 is 9.46 Å². The summed E-state index contributed by atoms with van der Waals surface area (Å²) in [5.74, 6) is 0.623. The Balaban J connectivity index is 2.28. The summed E-state index contributed by atoms with van der Waals surface area (Å²) in [4.78, 5) is 0.210. The molecule has 2 rings (SSSR count). The maximum absolute atomic E-state index is 12.4. The summed E-state index contributed by atoms with van der Waals surface area (Å²) in [7, 11) is -2.04. The molecule has 0 atom stereocenters. The van der Waals surface area contributed by atoms with Gasteiger partial charge in [-0.1, -0.05) is 19.1 Å². The molecule has 0 amide bonds. The van der Waals surface area contributed by atoms with Crippen LogP contribution in [-0.2, 0) is 16.4 Å². The number of rotatable bonds is 5. The van der Waals surface area contributed by atoms with Crippen molar-refractivity contribution in [3.8, 4) is 5.75 Å². The number of anilines is 1. The van der Waals surface area contributed by atoms with E-state index in [2.05, 4.69) is 11.6 Å². The van der Waals surface area contributed by atoms with Gasteiger partial charge in [0.1, 0.15) is 5.75 Å². The minimum atomic E-state index is -3.59. The minimum Gasteiger partial charge on any atom is -0.497 e. The van der Waals surface area contributed by atoms with Crippen LogP contribution in [0.2, 0.25) is 0 Å². The van der Waals surface area contributed by atoms with Gasteiger partial charge in [0.05, 0.1) is 17.7 Å². The molecule has 4 nitrogen and oxygen atoms in total. The zero-order valence-electron chi connectivity index (χ0n) is 12.4. The fourth-order valence-corrected chi connectivity index (χ4v) is 3.15. The van der Waals surface area contributed by atoms with Gasteiger partial charge in [0.15, 0.2) is 0 Å². The van der Waals surface area contributed by atoms with E-state index in [9.17, 15) is 8.42 Å². The predicted octanol–water partition coefficient (Wildman–Crippen LogP) is 3.37. The first-order chi connectivity index (χ1) is 9.96. The van der Waals surface area contributed by atoms with E-state index in [4.69, 9.17) is 4.74 Å². The molecule has 0 aliphatic carbocycles. The first-order valence-electron chi connectivity index (χ1n) is 6.72. The molecule has 112 valence electrons. The van der Waals surface area contributed by atoms with Crippen LogP contribution in [0, 0.1) is 6.92 Å². The molecule has 0 bridgehead atoms. The average Bonchev–Trinajstić information content (AvgIpc) is 2.49. The number of methoxy groups -OCH3 is 1. The van der Waals surface area contributed by atoms with E-state index < -0.39 is 10.0 Å². The molecular weight excluding hydrogens is 286 g/mol. The van der Waals surface area contributed by atoms with E-state index in [1.807, 2.05) is 19.1 Å². The van der Waals surface area contributed by atoms with E-state index in [1.54, 1.807) is 25.3 Å². The SMILES string of the molecule is CCc1ccc(NS(=O)(=O)c2ccc(OC)cc2)c(C)c1. The molecule has 1 N–H and O–H groups in total. The van der Waals surface area contributed by atoms with Crippen LogP contribution in [0.25, 0.3) is 0 Å². The Kier molecular flexibility index (Phi) is 4.53. The number of nitrogens with one attached hydrogen (secondary N) is 1. The molecule has 0 spiro atoms. The van der Waals surface area contributed by atoms with Gasteiger partial charge in [-0.05, 0) is 54.8 Å². The zero-order valence-corrected chi connectivity index (χ0v) is 13.2. The van der Waals surface area contributed by atoms with Gasteiger partial charge in [-0.3, -0.25) is 4.72 Å². The fraction of sp³-hybridized carbons (Fsp3) is 0.250. The summed E-state index contributed by atoms with van der Waals surface area (Å²) in [5, 5.41) is 0. The lowest BCUT2D eigenvalue weighted by atomic mass is 10.1. The van der Waals surface area contributed by atoms with Crippen LogP contribution in [0.3, 0.4) is 0 Å². The first-order valence-corrected chi connectivity index (χ1v) is 8.21. The Morgan fingerprint density at radius 2 is 1.76 bits per heavy atom. The lowest BCUT2D eigenvalue weighted by molar-refractivity contribution is 0.414. The van der Waals surface area contributed by atoms with Crippen LogP contribution in [0.1, 0.15) is 18.1 Å². The Morgan fingerprint density at radius 1 is 1.10 bits per heavy atom. The van der Waals surface area contributed by atoms with Gasteiger partial charge in [0.2, 0.25) is 0 Å². The van der Waals surface area contributed by atoms with Crippen LogP contribution in [0.15, 0.2) is 47.4 Å². The Labute approximate surface area is 125 Å². The van der Waals surface area contributed by atoms with E-state index >= 15 is 0 Å². The van der Waals surface area contributed by atoms with Crippen molar-refractivity contribution in [3.05, 3.63) is 53.6 Å². The topological polar surface area (TPSA) is 55.4 Å². The Bertz CT molecular complexity index is 722. The number of sulfonamides is 1. The third-order valence-electron chi connectivity index (χ3n) is 3.31. The standard InChI is InChI=1S/C16H19NO3S/c1-4-13-5-10-16(12(2)11-13)17-21(18,19)15-8-6-14(20-3)7-9-15/h5-11,17H,4H2,1-3H3. The number of hydrogen-bond acceptors (Lipinski definition) is 3. The number of hydrogen-bond donors (Lipinski definition) is 1. The molecule has 0 saturated heterocycles. The first kappa shape index (κ1) is 15.4. The summed E-state index contributed by atoms with van der Waals surface area (Å²) < 4.78 is 32.4. The van der Waals surface area contributed by atoms with Crippen molar-refractivity contribution >= 4 is 15.7 Å². The van der Waals surface area contributed by atoms with Gasteiger partial charge >= 0.3 is 0 Å². The second-order valence-electron chi connectivity index (χ2n) is 4.78. The maximum atomic E-state index is 12.4. The van der Waals surface area contributed by atoms with Gasteiger partial charge in [-0.25, -0.2) is 8.42 Å². The molecule has 0 unspecified atom stereocenters. The third kappa shape index (κ3) is 3.55. The lowest BCUT2D eigenvalue weighted by Crippen LogP contribution is -2.13. The van der Waals surface area contributed by atoms with Crippen molar-refractivity contribution in [3.63, 3.8) is 0 Å². The van der Waals surface area contributed by atoms with Crippen LogP contribution >= 0.6 is 0 Å². The van der Waals surface area contributed by atoms with Gasteiger partial charge in [-0.2, -0.15) is 0 Å². The third-order valence-corrected chi connectivity index (χ3v) is 4.69. The molecule has 5 heteroatoms. The molecule has 21 heavy (non-hydrogen) atoms. The summed E-state index contributed by atoms with van der Waals surface area (Å²) >= 11 is 0. The molecule has 0 heterocycles. The summed E-state index contributed by atoms with van der Waals surface area (Å²) in [5.41, 5.74) is 2.69. The largest absolute Gasteiger partial charge is 0.497 e. The molecule has 2 aromatic carbocycles. The average molecular weight is 305 g/mol. The molecule has 0 radical (unpaired) electrons. The zero-order chi connectivity index (χ0) is 15.5. The van der Waals surface area contributed by atoms with Gasteiger partial charge in [0.25, 0.3) is 10.0 Å². The molecule has 0 aliphatic rings. The number of ether oxygens (including phenoxy) is 1. The van der Waals surface area contributed by atoms with Crippen LogP contribution in [0.4, 0.5) is 5.69 Å². The monoisotopic (exact) mass is 305 g/mol. The van der Waals surface area contributed by atoms with E-state index in [-0.39, 0.29) is 4.90 Å². The van der Waals surface area contributed by atoms with Gasteiger partial charge in [-0.15, -0.1) is 0 Å². The summed E-state index contributed by atoms with van der Waals surface area (Å²) in [6.07, 6.45) is 0.923. The highest BCUT2D eigenvalue weighted by Crippen LogP contribution is 2.22. The van der Waals surface area contributed by atoms with Crippen molar-refractivity contribution in [2.75, 3.05) is 11.8 Å². The van der Waals surface area contributed by atoms with E-state index in [1.165, 1.54) is 17.7 Å². The van der Waals surface area contributed by atoms with Crippen molar-refractivity contribution in [2.45, 2.75) is 25.2 Å². The summed E-state index contributed by atoms with van der Waals surface area (Å²) in [6.45, 7) is 3.96. The van der Waals surface area contributed by atoms with Crippen molar-refractivity contribution in [2.24, 2.45) is 0 Å². The van der Waals surface area contributed by atoms with Crippen molar-refractivity contribution in [1.29, 1.82) is 0 Å². The van der Waals surface area contributed by atoms with E-state index in [0.29, 0.717) is 11.4 Å². The number of benzene rings is 2. The quantitative estimate of drug-likeness (QED) is 0.921. The van der Waals surface area contributed by atoms with E-state index in [0.717, 1.165) is 12.0 Å². The van der Waals surface area contributed by atoms with Gasteiger partial charge < -0.3 is 4.74 Å². The molecule has 0 saturated carbocycles. The molecule has 2 aromatic rings. The molecule has 0 aliphatic heterocycles. The second kappa shape index (κ2) is 6.18. The van der Waals surface area contributed by atoms with Crippen LogP contribution in [-0.4, -0.2) is 15.5 Å². The fourth-order valence-electron chi connectivity index (χ4n) is 2.02. The predicted molar refractivity (Wildman–Crippen MR) is 84.4 cm³/mol.